The summed E-state index contributed by atoms with van der Waals surface area (Å²) in [5.41, 5.74) is 3.11. The van der Waals surface area contributed by atoms with Crippen LogP contribution in [-0.4, -0.2) is 32.6 Å². The van der Waals surface area contributed by atoms with Gasteiger partial charge in [-0.1, -0.05) is 0 Å². The van der Waals surface area contributed by atoms with Crippen molar-refractivity contribution in [2.75, 3.05) is 13.1 Å². The minimum Gasteiger partial charge on any atom is -0.330 e. The van der Waals surface area contributed by atoms with Gasteiger partial charge < -0.3 is 9.88 Å². The topological polar surface area (TPSA) is 55.6 Å². The first kappa shape index (κ1) is 13.2. The van der Waals surface area contributed by atoms with E-state index < -0.39 is 0 Å². The smallest absolute Gasteiger partial charge is 0.110 e. The third kappa shape index (κ3) is 2.58. The average Bonchev–Trinajstić information content (AvgIpc) is 2.81. The van der Waals surface area contributed by atoms with E-state index in [0.717, 1.165) is 42.4 Å². The molecule has 1 aliphatic heterocycles. The first-order valence-corrected chi connectivity index (χ1v) is 7.25. The number of nitrogens with one attached hydrogen (secondary N) is 1. The highest BCUT2D eigenvalue weighted by atomic mass is 15.1. The average molecular weight is 271 g/mol. The van der Waals surface area contributed by atoms with Gasteiger partial charge in [-0.05, 0) is 45.2 Å². The van der Waals surface area contributed by atoms with E-state index in [1.165, 1.54) is 12.8 Å². The second-order valence-electron chi connectivity index (χ2n) is 5.52. The molecule has 1 N–H and O–H groups in total. The van der Waals surface area contributed by atoms with Gasteiger partial charge in [0, 0.05) is 19.4 Å². The molecular formula is C15H21N5. The number of rotatable bonds is 3. The van der Waals surface area contributed by atoms with Gasteiger partial charge in [-0.25, -0.2) is 4.98 Å². The fourth-order valence-electron chi connectivity index (χ4n) is 2.82. The molecule has 1 fully saturated rings. The van der Waals surface area contributed by atoms with Crippen LogP contribution in [0.25, 0.3) is 11.4 Å². The summed E-state index contributed by atoms with van der Waals surface area (Å²) in [5, 5.41) is 3.46. The predicted octanol–water partition coefficient (Wildman–Crippen LogP) is 1.73. The van der Waals surface area contributed by atoms with Crippen LogP contribution in [0.1, 0.15) is 24.4 Å². The van der Waals surface area contributed by atoms with Gasteiger partial charge in [0.1, 0.15) is 11.5 Å². The van der Waals surface area contributed by atoms with Crippen LogP contribution in [0.2, 0.25) is 0 Å². The standard InChI is InChI=1S/C15H21N5/c1-11-19-10-14(20(11)2)15-13(17-6-7-18-15)8-12-4-3-5-16-9-12/h6-7,10,12,16H,3-5,8-9H2,1-2H3/t12-/m1/s1. The van der Waals surface area contributed by atoms with Crippen molar-refractivity contribution < 1.29 is 0 Å². The van der Waals surface area contributed by atoms with Crippen LogP contribution in [0.3, 0.4) is 0 Å². The molecule has 3 heterocycles. The second kappa shape index (κ2) is 5.71. The van der Waals surface area contributed by atoms with Crippen LogP contribution >= 0.6 is 0 Å². The van der Waals surface area contributed by atoms with Crippen LogP contribution in [-0.2, 0) is 13.5 Å². The normalized spacial score (nSPS) is 19.2. The highest BCUT2D eigenvalue weighted by molar-refractivity contribution is 5.57. The Morgan fingerprint density at radius 3 is 2.85 bits per heavy atom. The molecule has 0 bridgehead atoms. The summed E-state index contributed by atoms with van der Waals surface area (Å²) in [4.78, 5) is 13.5. The predicted molar refractivity (Wildman–Crippen MR) is 78.3 cm³/mol. The third-order valence-electron chi connectivity index (χ3n) is 4.12. The summed E-state index contributed by atoms with van der Waals surface area (Å²) in [5.74, 6) is 1.66. The van der Waals surface area contributed by atoms with Crippen LogP contribution in [0.5, 0.6) is 0 Å². The Morgan fingerprint density at radius 2 is 2.15 bits per heavy atom. The van der Waals surface area contributed by atoms with Gasteiger partial charge >= 0.3 is 0 Å². The molecule has 1 aliphatic rings. The molecule has 0 unspecified atom stereocenters. The van der Waals surface area contributed by atoms with Gasteiger partial charge in [-0.2, -0.15) is 0 Å². The van der Waals surface area contributed by atoms with E-state index in [1.54, 1.807) is 12.4 Å². The Morgan fingerprint density at radius 1 is 1.30 bits per heavy atom. The zero-order valence-corrected chi connectivity index (χ0v) is 12.1. The molecule has 1 atom stereocenters. The molecule has 2 aromatic rings. The van der Waals surface area contributed by atoms with E-state index in [9.17, 15) is 0 Å². The van der Waals surface area contributed by atoms with Crippen molar-refractivity contribution in [2.24, 2.45) is 13.0 Å². The number of aromatic nitrogens is 4. The molecule has 0 spiro atoms. The Balaban J connectivity index is 1.90. The highest BCUT2D eigenvalue weighted by Crippen LogP contribution is 2.24. The van der Waals surface area contributed by atoms with Crippen molar-refractivity contribution >= 4 is 0 Å². The molecule has 0 amide bonds. The number of piperidine rings is 1. The van der Waals surface area contributed by atoms with E-state index >= 15 is 0 Å². The van der Waals surface area contributed by atoms with Gasteiger partial charge in [0.05, 0.1) is 17.6 Å². The maximum atomic E-state index is 4.57. The maximum absolute atomic E-state index is 4.57. The van der Waals surface area contributed by atoms with Crippen molar-refractivity contribution in [3.63, 3.8) is 0 Å². The van der Waals surface area contributed by atoms with Crippen molar-refractivity contribution in [1.82, 2.24) is 24.8 Å². The lowest BCUT2D eigenvalue weighted by Gasteiger charge is -2.22. The summed E-state index contributed by atoms with van der Waals surface area (Å²) < 4.78 is 2.08. The lowest BCUT2D eigenvalue weighted by Crippen LogP contribution is -2.31. The maximum Gasteiger partial charge on any atom is 0.110 e. The Bertz CT molecular complexity index is 584. The zero-order chi connectivity index (χ0) is 13.9. The molecule has 3 rings (SSSR count). The SMILES string of the molecule is Cc1ncc(-c2nccnc2C[C@H]2CCCNC2)n1C. The molecule has 0 radical (unpaired) electrons. The fourth-order valence-corrected chi connectivity index (χ4v) is 2.82. The number of imidazole rings is 1. The zero-order valence-electron chi connectivity index (χ0n) is 12.1. The Labute approximate surface area is 119 Å². The van der Waals surface area contributed by atoms with Crippen molar-refractivity contribution in [2.45, 2.75) is 26.2 Å². The van der Waals surface area contributed by atoms with Gasteiger partial charge in [0.25, 0.3) is 0 Å². The monoisotopic (exact) mass is 271 g/mol. The first-order chi connectivity index (χ1) is 9.75. The molecule has 5 heteroatoms. The molecule has 0 aliphatic carbocycles. The molecule has 1 saturated heterocycles. The summed E-state index contributed by atoms with van der Waals surface area (Å²) in [6, 6.07) is 0. The molecule has 0 saturated carbocycles. The van der Waals surface area contributed by atoms with E-state index in [-0.39, 0.29) is 0 Å². The van der Waals surface area contributed by atoms with E-state index in [1.807, 2.05) is 20.2 Å². The minimum absolute atomic E-state index is 0.661. The summed E-state index contributed by atoms with van der Waals surface area (Å²) in [6.45, 7) is 4.23. The lowest BCUT2D eigenvalue weighted by atomic mass is 9.93. The van der Waals surface area contributed by atoms with Crippen LogP contribution in [0, 0.1) is 12.8 Å². The van der Waals surface area contributed by atoms with Gasteiger partial charge in [-0.3, -0.25) is 9.97 Å². The van der Waals surface area contributed by atoms with E-state index in [2.05, 4.69) is 24.8 Å². The summed E-state index contributed by atoms with van der Waals surface area (Å²) in [6.07, 6.45) is 8.96. The van der Waals surface area contributed by atoms with Gasteiger partial charge in [-0.15, -0.1) is 0 Å². The molecule has 0 aromatic carbocycles. The van der Waals surface area contributed by atoms with Gasteiger partial charge in [0.2, 0.25) is 0 Å². The van der Waals surface area contributed by atoms with Crippen molar-refractivity contribution in [3.05, 3.63) is 30.1 Å². The van der Waals surface area contributed by atoms with Crippen LogP contribution in [0.15, 0.2) is 18.6 Å². The third-order valence-corrected chi connectivity index (χ3v) is 4.12. The van der Waals surface area contributed by atoms with Crippen LogP contribution in [0.4, 0.5) is 0 Å². The Kier molecular flexibility index (Phi) is 3.78. The molecular weight excluding hydrogens is 250 g/mol. The van der Waals surface area contributed by atoms with Crippen molar-refractivity contribution in [1.29, 1.82) is 0 Å². The summed E-state index contributed by atoms with van der Waals surface area (Å²) in [7, 11) is 2.03. The molecule has 2 aromatic heterocycles. The van der Waals surface area contributed by atoms with Crippen molar-refractivity contribution in [3.8, 4) is 11.4 Å². The van der Waals surface area contributed by atoms with Gasteiger partial charge in [0.15, 0.2) is 0 Å². The Hall–Kier alpha value is -1.75. The molecule has 20 heavy (non-hydrogen) atoms. The fraction of sp³-hybridized carbons (Fsp3) is 0.533. The first-order valence-electron chi connectivity index (χ1n) is 7.25. The number of hydrogen-bond donors (Lipinski definition) is 1. The van der Waals surface area contributed by atoms with E-state index in [4.69, 9.17) is 0 Å². The highest BCUT2D eigenvalue weighted by Gasteiger charge is 2.18. The number of nitrogens with zero attached hydrogens (tertiary/aromatic N) is 4. The summed E-state index contributed by atoms with van der Waals surface area (Å²) >= 11 is 0. The molecule has 5 nitrogen and oxygen atoms in total. The van der Waals surface area contributed by atoms with E-state index in [0.29, 0.717) is 5.92 Å². The quantitative estimate of drug-likeness (QED) is 0.923. The lowest BCUT2D eigenvalue weighted by molar-refractivity contribution is 0.373. The largest absolute Gasteiger partial charge is 0.330 e. The number of aryl methyl sites for hydroxylation is 1. The van der Waals surface area contributed by atoms with Crippen LogP contribution < -0.4 is 5.32 Å². The second-order valence-corrected chi connectivity index (χ2v) is 5.52. The number of hydrogen-bond acceptors (Lipinski definition) is 4. The molecule has 106 valence electrons. The minimum atomic E-state index is 0.661.